The lowest BCUT2D eigenvalue weighted by atomic mass is 9.41. The van der Waals surface area contributed by atoms with Crippen LogP contribution in [-0.2, 0) is 19.0 Å². The van der Waals surface area contributed by atoms with E-state index < -0.39 is 64.5 Å². The maximum Gasteiger partial charge on any atom is 0.335 e. The van der Waals surface area contributed by atoms with Crippen LogP contribution in [0.4, 0.5) is 0 Å². The zero-order chi connectivity index (χ0) is 29.4. The quantitative estimate of drug-likeness (QED) is 0.302. The SMILES string of the molecule is COC1C(O)C(C)OC(OC2CCC3(C=O)C4CCC5(C)C(c6ccc(=O)oc6)CCC5(O)C4CCC3(O)C2)C1O. The largest absolute Gasteiger partial charge is 0.431 e. The van der Waals surface area contributed by atoms with Crippen molar-refractivity contribution in [1.29, 1.82) is 0 Å². The van der Waals surface area contributed by atoms with E-state index in [1.54, 1.807) is 13.0 Å². The second kappa shape index (κ2) is 10.2. The molecule has 2 heterocycles. The molecular weight excluding hydrogens is 532 g/mol. The lowest BCUT2D eigenvalue weighted by molar-refractivity contribution is -0.319. The topological polar surface area (TPSA) is 156 Å². The molecule has 4 saturated carbocycles. The Balaban J connectivity index is 1.23. The van der Waals surface area contributed by atoms with Crippen LogP contribution < -0.4 is 5.63 Å². The van der Waals surface area contributed by atoms with Crippen molar-refractivity contribution < 1.29 is 43.8 Å². The number of hydrogen-bond acceptors (Lipinski definition) is 10. The van der Waals surface area contributed by atoms with Crippen molar-refractivity contribution in [2.24, 2.45) is 22.7 Å². The summed E-state index contributed by atoms with van der Waals surface area (Å²) in [6.45, 7) is 3.82. The van der Waals surface area contributed by atoms with Crippen molar-refractivity contribution in [1.82, 2.24) is 0 Å². The highest BCUT2D eigenvalue weighted by atomic mass is 16.7. The van der Waals surface area contributed by atoms with E-state index >= 15 is 0 Å². The number of aldehydes is 1. The van der Waals surface area contributed by atoms with Crippen LogP contribution in [0.15, 0.2) is 27.6 Å². The van der Waals surface area contributed by atoms with Crippen LogP contribution >= 0.6 is 0 Å². The van der Waals surface area contributed by atoms with Crippen LogP contribution in [0.25, 0.3) is 0 Å². The Morgan fingerprint density at radius 2 is 1.76 bits per heavy atom. The highest BCUT2D eigenvalue weighted by molar-refractivity contribution is 5.64. The fourth-order valence-corrected chi connectivity index (χ4v) is 9.93. The summed E-state index contributed by atoms with van der Waals surface area (Å²) in [7, 11) is 1.42. The minimum atomic E-state index is -1.31. The van der Waals surface area contributed by atoms with Crippen LogP contribution in [0, 0.1) is 22.7 Å². The second-order valence-corrected chi connectivity index (χ2v) is 13.7. The van der Waals surface area contributed by atoms with Gasteiger partial charge in [-0.3, -0.25) is 0 Å². The minimum absolute atomic E-state index is 0.0358. The van der Waals surface area contributed by atoms with Gasteiger partial charge in [0.25, 0.3) is 0 Å². The Bertz CT molecular complexity index is 1180. The summed E-state index contributed by atoms with van der Waals surface area (Å²) in [6, 6.07) is 3.23. The number of carbonyl (C=O) groups is 1. The standard InChI is InChI=1S/C31H44O10/c1-17-24(34)26(38-3)25(35)27(40-17)41-19-6-11-29(16-32)21-7-10-28(2)20(18-4-5-23(33)39-15-18)9-13-31(28,37)22(21)8-12-30(29,36)14-19/h4-5,15-17,19-22,24-27,34-37H,6-14H2,1-3H3. The number of aliphatic hydroxyl groups excluding tert-OH is 2. The van der Waals surface area contributed by atoms with E-state index in [-0.39, 0.29) is 24.2 Å². The number of ether oxygens (including phenoxy) is 3. The first kappa shape index (κ1) is 29.4. The molecule has 4 aliphatic carbocycles. The van der Waals surface area contributed by atoms with Gasteiger partial charge in [-0.1, -0.05) is 6.92 Å². The molecule has 1 saturated heterocycles. The molecule has 1 aromatic rings. The fraction of sp³-hybridized carbons (Fsp3) is 0.806. The van der Waals surface area contributed by atoms with Gasteiger partial charge in [0.2, 0.25) is 0 Å². The molecule has 5 aliphatic rings. The molecule has 6 rings (SSSR count). The Labute approximate surface area is 240 Å². The molecule has 10 heteroatoms. The molecule has 13 atom stereocenters. The molecule has 0 bridgehead atoms. The summed E-state index contributed by atoms with van der Waals surface area (Å²) in [5, 5.41) is 45.7. The highest BCUT2D eigenvalue weighted by Gasteiger charge is 2.71. The lowest BCUT2D eigenvalue weighted by Gasteiger charge is -2.65. The Hall–Kier alpha value is -1.66. The number of hydrogen-bond donors (Lipinski definition) is 4. The molecule has 0 aromatic carbocycles. The third-order valence-corrected chi connectivity index (χ3v) is 12.2. The summed E-state index contributed by atoms with van der Waals surface area (Å²) in [4.78, 5) is 24.6. The van der Waals surface area contributed by atoms with Crippen LogP contribution in [0.1, 0.15) is 83.1 Å². The van der Waals surface area contributed by atoms with Crippen LogP contribution in [-0.4, -0.2) is 81.8 Å². The highest BCUT2D eigenvalue weighted by Crippen LogP contribution is 2.71. The van der Waals surface area contributed by atoms with Crippen molar-refractivity contribution in [2.75, 3.05) is 7.11 Å². The van der Waals surface area contributed by atoms with Crippen molar-refractivity contribution in [2.45, 2.75) is 126 Å². The number of carbonyl (C=O) groups excluding carboxylic acids is 1. The van der Waals surface area contributed by atoms with Crippen LogP contribution in [0.5, 0.6) is 0 Å². The minimum Gasteiger partial charge on any atom is -0.431 e. The molecule has 0 radical (unpaired) electrons. The zero-order valence-electron chi connectivity index (χ0n) is 24.1. The van der Waals surface area contributed by atoms with Crippen LogP contribution in [0.3, 0.4) is 0 Å². The molecule has 5 fully saturated rings. The molecule has 228 valence electrons. The van der Waals surface area contributed by atoms with Crippen molar-refractivity contribution in [3.63, 3.8) is 0 Å². The summed E-state index contributed by atoms with van der Waals surface area (Å²) in [5.41, 5.74) is -3.24. The number of rotatable bonds is 5. The molecule has 41 heavy (non-hydrogen) atoms. The molecule has 0 spiro atoms. The normalized spacial score (nSPS) is 51.3. The van der Waals surface area contributed by atoms with E-state index in [2.05, 4.69) is 6.92 Å². The average Bonchev–Trinajstić information content (AvgIpc) is 3.23. The van der Waals surface area contributed by atoms with Gasteiger partial charge < -0.3 is 43.8 Å². The number of aliphatic hydroxyl groups is 4. The monoisotopic (exact) mass is 576 g/mol. The van der Waals surface area contributed by atoms with E-state index in [1.165, 1.54) is 19.4 Å². The Morgan fingerprint density at radius 1 is 1.00 bits per heavy atom. The fourth-order valence-electron chi connectivity index (χ4n) is 9.93. The van der Waals surface area contributed by atoms with E-state index in [4.69, 9.17) is 18.6 Å². The van der Waals surface area contributed by atoms with Gasteiger partial charge in [0.15, 0.2) is 6.29 Å². The Morgan fingerprint density at radius 3 is 2.44 bits per heavy atom. The van der Waals surface area contributed by atoms with Crippen molar-refractivity contribution in [3.05, 3.63) is 34.4 Å². The molecule has 13 unspecified atom stereocenters. The first-order valence-electron chi connectivity index (χ1n) is 15.1. The molecule has 1 aromatic heterocycles. The maximum atomic E-state index is 13.0. The van der Waals surface area contributed by atoms with E-state index in [0.29, 0.717) is 44.9 Å². The van der Waals surface area contributed by atoms with Gasteiger partial charge in [-0.15, -0.1) is 0 Å². The smallest absolute Gasteiger partial charge is 0.335 e. The first-order chi connectivity index (χ1) is 19.4. The number of fused-ring (bicyclic) bond motifs is 5. The lowest BCUT2D eigenvalue weighted by Crippen LogP contribution is -2.69. The van der Waals surface area contributed by atoms with Crippen LogP contribution in [0.2, 0.25) is 0 Å². The summed E-state index contributed by atoms with van der Waals surface area (Å²) >= 11 is 0. The molecule has 1 aliphatic heterocycles. The van der Waals surface area contributed by atoms with Gasteiger partial charge in [0, 0.05) is 25.0 Å². The average molecular weight is 577 g/mol. The predicted octanol–water partition coefficient (Wildman–Crippen LogP) is 2.04. The van der Waals surface area contributed by atoms with Gasteiger partial charge in [-0.2, -0.15) is 0 Å². The van der Waals surface area contributed by atoms with Crippen molar-refractivity contribution >= 4 is 6.29 Å². The molecule has 0 amide bonds. The van der Waals surface area contributed by atoms with E-state index in [0.717, 1.165) is 18.3 Å². The van der Waals surface area contributed by atoms with E-state index in [9.17, 15) is 30.0 Å². The third-order valence-electron chi connectivity index (χ3n) is 12.2. The molecule has 4 N–H and O–H groups in total. The van der Waals surface area contributed by atoms with Gasteiger partial charge in [-0.05, 0) is 87.7 Å². The molecule has 10 nitrogen and oxygen atoms in total. The summed E-state index contributed by atoms with van der Waals surface area (Å²) in [6.07, 6.45) is 2.15. The maximum absolute atomic E-state index is 13.0. The van der Waals surface area contributed by atoms with E-state index in [1.807, 2.05) is 0 Å². The zero-order valence-corrected chi connectivity index (χ0v) is 24.1. The van der Waals surface area contributed by atoms with Crippen molar-refractivity contribution in [3.8, 4) is 0 Å². The second-order valence-electron chi connectivity index (χ2n) is 13.7. The third kappa shape index (κ3) is 4.16. The number of methoxy groups -OCH3 is 1. The Kier molecular flexibility index (Phi) is 7.33. The van der Waals surface area contributed by atoms with Gasteiger partial charge in [0.1, 0.15) is 24.6 Å². The summed E-state index contributed by atoms with van der Waals surface area (Å²) in [5.74, 6) is -0.276. The van der Waals surface area contributed by atoms with Gasteiger partial charge >= 0.3 is 5.63 Å². The predicted molar refractivity (Wildman–Crippen MR) is 145 cm³/mol. The molecular formula is C31H44O10. The van der Waals surface area contributed by atoms with Gasteiger partial charge in [0.05, 0.1) is 35.1 Å². The first-order valence-corrected chi connectivity index (χ1v) is 15.1. The summed E-state index contributed by atoms with van der Waals surface area (Å²) < 4.78 is 22.4. The van der Waals surface area contributed by atoms with Gasteiger partial charge in [-0.25, -0.2) is 4.79 Å².